The molecule has 19 heavy (non-hydrogen) atoms. The third kappa shape index (κ3) is 4.69. The van der Waals surface area contributed by atoms with Gasteiger partial charge in [-0.15, -0.1) is 0 Å². The van der Waals surface area contributed by atoms with E-state index in [9.17, 15) is 13.2 Å². The van der Waals surface area contributed by atoms with Crippen LogP contribution in [0, 0.1) is 0 Å². The van der Waals surface area contributed by atoms with Crippen LogP contribution < -0.4 is 10.6 Å². The lowest BCUT2D eigenvalue weighted by molar-refractivity contribution is -0.120. The minimum absolute atomic E-state index is 0.152. The first-order chi connectivity index (χ1) is 8.61. The summed E-state index contributed by atoms with van der Waals surface area (Å²) in [6.45, 7) is 4.33. The number of rotatable bonds is 4. The fraction of sp³-hybridized carbons (Fsp3) is 0.538. The van der Waals surface area contributed by atoms with Gasteiger partial charge in [0.25, 0.3) is 0 Å². The molecule has 0 aliphatic carbocycles. The quantitative estimate of drug-likeness (QED) is 0.889. The van der Waals surface area contributed by atoms with E-state index in [2.05, 4.69) is 15.9 Å². The van der Waals surface area contributed by atoms with Crippen LogP contribution in [0.1, 0.15) is 32.4 Å². The molecule has 1 aromatic carbocycles. The second-order valence-corrected chi connectivity index (χ2v) is 5.69. The number of halogens is 4. The molecule has 2 N–H and O–H groups in total. The number of hydrogen-bond donors (Lipinski definition) is 1. The number of benzene rings is 1. The summed E-state index contributed by atoms with van der Waals surface area (Å²) in [5.74, 6) is 0. The van der Waals surface area contributed by atoms with Gasteiger partial charge in [-0.05, 0) is 54.4 Å². The van der Waals surface area contributed by atoms with Gasteiger partial charge in [0, 0.05) is 16.6 Å². The Hall–Kier alpha value is -0.750. The van der Waals surface area contributed by atoms with Crippen LogP contribution in [0.4, 0.5) is 18.9 Å². The fourth-order valence-electron chi connectivity index (χ4n) is 1.78. The Labute approximate surface area is 119 Å². The van der Waals surface area contributed by atoms with Crippen molar-refractivity contribution in [1.29, 1.82) is 0 Å². The third-order valence-corrected chi connectivity index (χ3v) is 3.42. The molecule has 0 aliphatic heterocycles. The molecule has 108 valence electrons. The second-order valence-electron chi connectivity index (χ2n) is 4.84. The van der Waals surface area contributed by atoms with Crippen LogP contribution in [0.15, 0.2) is 22.7 Å². The van der Waals surface area contributed by atoms with Gasteiger partial charge >= 0.3 is 6.18 Å². The SMILES string of the molecule is CC(C)N(CC(F)(F)F)c1ccc([C@H](C)N)cc1Br. The van der Waals surface area contributed by atoms with Crippen molar-refractivity contribution in [2.45, 2.75) is 39.0 Å². The van der Waals surface area contributed by atoms with E-state index < -0.39 is 12.7 Å². The van der Waals surface area contributed by atoms with Crippen molar-refractivity contribution >= 4 is 21.6 Å². The van der Waals surface area contributed by atoms with Gasteiger partial charge in [-0.2, -0.15) is 13.2 Å². The molecule has 0 radical (unpaired) electrons. The molecule has 0 saturated carbocycles. The van der Waals surface area contributed by atoms with Crippen molar-refractivity contribution in [2.75, 3.05) is 11.4 Å². The van der Waals surface area contributed by atoms with Crippen molar-refractivity contribution in [3.05, 3.63) is 28.2 Å². The lowest BCUT2D eigenvalue weighted by Crippen LogP contribution is -2.39. The molecule has 0 unspecified atom stereocenters. The van der Waals surface area contributed by atoms with Gasteiger partial charge in [-0.1, -0.05) is 6.07 Å². The standard InChI is InChI=1S/C13H18BrF3N2/c1-8(2)19(7-13(15,16)17)12-5-4-10(9(3)18)6-11(12)14/h4-6,8-9H,7,18H2,1-3H3/t9-/m0/s1. The van der Waals surface area contributed by atoms with Gasteiger partial charge in [-0.25, -0.2) is 0 Å². The van der Waals surface area contributed by atoms with Crippen LogP contribution in [0.3, 0.4) is 0 Å². The van der Waals surface area contributed by atoms with E-state index >= 15 is 0 Å². The molecule has 0 amide bonds. The zero-order valence-corrected chi connectivity index (χ0v) is 12.7. The molecule has 1 atom stereocenters. The first kappa shape index (κ1) is 16.3. The monoisotopic (exact) mass is 338 g/mol. The van der Waals surface area contributed by atoms with Gasteiger partial charge in [-0.3, -0.25) is 0 Å². The molecule has 0 spiro atoms. The van der Waals surface area contributed by atoms with Crippen LogP contribution in [0.2, 0.25) is 0 Å². The summed E-state index contributed by atoms with van der Waals surface area (Å²) in [5, 5.41) is 0. The predicted octanol–water partition coefficient (Wildman–Crippen LogP) is 4.25. The Morgan fingerprint density at radius 2 is 1.84 bits per heavy atom. The highest BCUT2D eigenvalue weighted by Crippen LogP contribution is 2.32. The van der Waals surface area contributed by atoms with Crippen LogP contribution >= 0.6 is 15.9 Å². The lowest BCUT2D eigenvalue weighted by atomic mass is 10.1. The Balaban J connectivity index is 3.10. The number of hydrogen-bond acceptors (Lipinski definition) is 2. The molecule has 6 heteroatoms. The average molecular weight is 339 g/mol. The number of anilines is 1. The van der Waals surface area contributed by atoms with Crippen molar-refractivity contribution in [1.82, 2.24) is 0 Å². The zero-order valence-electron chi connectivity index (χ0n) is 11.1. The van der Waals surface area contributed by atoms with Crippen molar-refractivity contribution < 1.29 is 13.2 Å². The molecular weight excluding hydrogens is 321 g/mol. The van der Waals surface area contributed by atoms with Gasteiger partial charge in [0.05, 0.1) is 5.69 Å². The topological polar surface area (TPSA) is 29.3 Å². The normalized spacial score (nSPS) is 13.7. The molecule has 0 heterocycles. The smallest absolute Gasteiger partial charge is 0.359 e. The molecule has 1 rings (SSSR count). The summed E-state index contributed by atoms with van der Waals surface area (Å²) in [4.78, 5) is 1.31. The summed E-state index contributed by atoms with van der Waals surface area (Å²) < 4.78 is 38.5. The highest BCUT2D eigenvalue weighted by molar-refractivity contribution is 9.10. The molecule has 1 aromatic rings. The molecule has 0 bridgehead atoms. The van der Waals surface area contributed by atoms with E-state index in [1.165, 1.54) is 4.90 Å². The van der Waals surface area contributed by atoms with E-state index in [1.54, 1.807) is 32.0 Å². The minimum Gasteiger partial charge on any atom is -0.359 e. The first-order valence-corrected chi connectivity index (χ1v) is 6.79. The van der Waals surface area contributed by atoms with Crippen LogP contribution in [0.25, 0.3) is 0 Å². The Morgan fingerprint density at radius 1 is 1.26 bits per heavy atom. The van der Waals surface area contributed by atoms with Crippen LogP contribution in [0.5, 0.6) is 0 Å². The van der Waals surface area contributed by atoms with E-state index in [-0.39, 0.29) is 12.1 Å². The fourth-order valence-corrected chi connectivity index (χ4v) is 2.40. The van der Waals surface area contributed by atoms with E-state index in [0.717, 1.165) is 5.56 Å². The van der Waals surface area contributed by atoms with E-state index in [4.69, 9.17) is 5.73 Å². The number of nitrogens with zero attached hydrogens (tertiary/aromatic N) is 1. The third-order valence-electron chi connectivity index (χ3n) is 2.78. The summed E-state index contributed by atoms with van der Waals surface area (Å²) in [6, 6.07) is 4.80. The Bertz CT molecular complexity index is 430. The van der Waals surface area contributed by atoms with Gasteiger partial charge < -0.3 is 10.6 Å². The van der Waals surface area contributed by atoms with Crippen molar-refractivity contribution in [3.8, 4) is 0 Å². The Morgan fingerprint density at radius 3 is 2.21 bits per heavy atom. The summed E-state index contributed by atoms with van der Waals surface area (Å²) in [6.07, 6.45) is -4.23. The lowest BCUT2D eigenvalue weighted by Gasteiger charge is -2.31. The van der Waals surface area contributed by atoms with Crippen molar-refractivity contribution in [2.24, 2.45) is 5.73 Å². The molecule has 0 fully saturated rings. The average Bonchev–Trinajstić information content (AvgIpc) is 2.24. The largest absolute Gasteiger partial charge is 0.405 e. The van der Waals surface area contributed by atoms with Crippen LogP contribution in [-0.4, -0.2) is 18.8 Å². The van der Waals surface area contributed by atoms with Crippen molar-refractivity contribution in [3.63, 3.8) is 0 Å². The molecule has 2 nitrogen and oxygen atoms in total. The maximum Gasteiger partial charge on any atom is 0.405 e. The summed E-state index contributed by atoms with van der Waals surface area (Å²) >= 11 is 3.33. The van der Waals surface area contributed by atoms with Crippen LogP contribution in [-0.2, 0) is 0 Å². The highest BCUT2D eigenvalue weighted by atomic mass is 79.9. The zero-order chi connectivity index (χ0) is 14.8. The molecule has 0 aliphatic rings. The number of nitrogens with two attached hydrogens (primary N) is 1. The molecular formula is C13H18BrF3N2. The minimum atomic E-state index is -4.23. The first-order valence-electron chi connectivity index (χ1n) is 6.00. The predicted molar refractivity (Wildman–Crippen MR) is 75.3 cm³/mol. The molecule has 0 aromatic heterocycles. The van der Waals surface area contributed by atoms with E-state index in [1.807, 2.05) is 6.92 Å². The number of alkyl halides is 3. The van der Waals surface area contributed by atoms with E-state index in [0.29, 0.717) is 10.2 Å². The Kier molecular flexibility index (Phi) is 5.26. The maximum atomic E-state index is 12.6. The summed E-state index contributed by atoms with van der Waals surface area (Å²) in [5.41, 5.74) is 7.16. The second kappa shape index (κ2) is 6.13. The summed E-state index contributed by atoms with van der Waals surface area (Å²) in [7, 11) is 0. The highest BCUT2D eigenvalue weighted by Gasteiger charge is 2.32. The maximum absolute atomic E-state index is 12.6. The van der Waals surface area contributed by atoms with Gasteiger partial charge in [0.15, 0.2) is 0 Å². The van der Waals surface area contributed by atoms with Gasteiger partial charge in [0.1, 0.15) is 6.54 Å². The molecule has 0 saturated heterocycles. The van der Waals surface area contributed by atoms with Gasteiger partial charge in [0.2, 0.25) is 0 Å².